The minimum Gasteiger partial charge on any atom is -0.0843 e. The van der Waals surface area contributed by atoms with Crippen molar-refractivity contribution in [1.29, 1.82) is 0 Å². The number of halogens is 2. The quantitative estimate of drug-likeness (QED) is 0.651. The van der Waals surface area contributed by atoms with Gasteiger partial charge >= 0.3 is 0 Å². The van der Waals surface area contributed by atoms with E-state index in [1.807, 2.05) is 30.3 Å². The van der Waals surface area contributed by atoms with Gasteiger partial charge in [-0.25, -0.2) is 0 Å². The standard InChI is InChI=1S/C16H16Cl2/c1-2-5-14(12-8-10-13(17)11-9-12)15-6-3-4-7-16(15)18/h3-4,6-11,14H,2,5H2,1H3. The van der Waals surface area contributed by atoms with E-state index in [2.05, 4.69) is 25.1 Å². The zero-order valence-corrected chi connectivity index (χ0v) is 11.9. The Kier molecular flexibility index (Phi) is 4.68. The second-order valence-corrected chi connectivity index (χ2v) is 5.26. The van der Waals surface area contributed by atoms with Crippen LogP contribution < -0.4 is 0 Å². The summed E-state index contributed by atoms with van der Waals surface area (Å²) in [5.74, 6) is 0.348. The van der Waals surface area contributed by atoms with E-state index in [0.29, 0.717) is 5.92 Å². The molecule has 94 valence electrons. The Balaban J connectivity index is 2.40. The fourth-order valence-corrected chi connectivity index (χ4v) is 2.64. The van der Waals surface area contributed by atoms with E-state index in [9.17, 15) is 0 Å². The van der Waals surface area contributed by atoms with Crippen molar-refractivity contribution in [1.82, 2.24) is 0 Å². The highest BCUT2D eigenvalue weighted by Crippen LogP contribution is 2.34. The highest BCUT2D eigenvalue weighted by atomic mass is 35.5. The summed E-state index contributed by atoms with van der Waals surface area (Å²) in [5.41, 5.74) is 2.47. The molecule has 2 heteroatoms. The average molecular weight is 279 g/mol. The lowest BCUT2D eigenvalue weighted by molar-refractivity contribution is 0.698. The van der Waals surface area contributed by atoms with Gasteiger partial charge in [0.05, 0.1) is 0 Å². The average Bonchev–Trinajstić information content (AvgIpc) is 2.38. The molecule has 0 aliphatic heterocycles. The molecule has 0 heterocycles. The van der Waals surface area contributed by atoms with E-state index in [4.69, 9.17) is 23.2 Å². The Morgan fingerprint density at radius 3 is 2.22 bits per heavy atom. The summed E-state index contributed by atoms with van der Waals surface area (Å²) in [6.45, 7) is 2.19. The molecule has 18 heavy (non-hydrogen) atoms. The van der Waals surface area contributed by atoms with Crippen molar-refractivity contribution >= 4 is 23.2 Å². The summed E-state index contributed by atoms with van der Waals surface area (Å²) < 4.78 is 0. The molecule has 0 amide bonds. The molecule has 0 bridgehead atoms. The van der Waals surface area contributed by atoms with Crippen LogP contribution in [0.15, 0.2) is 48.5 Å². The molecule has 1 atom stereocenters. The van der Waals surface area contributed by atoms with Gasteiger partial charge in [0.25, 0.3) is 0 Å². The van der Waals surface area contributed by atoms with Gasteiger partial charge in [0.1, 0.15) is 0 Å². The van der Waals surface area contributed by atoms with E-state index in [1.165, 1.54) is 11.1 Å². The molecule has 0 saturated heterocycles. The third kappa shape index (κ3) is 3.07. The summed E-state index contributed by atoms with van der Waals surface area (Å²) >= 11 is 12.3. The van der Waals surface area contributed by atoms with Crippen LogP contribution in [0.25, 0.3) is 0 Å². The first-order valence-electron chi connectivity index (χ1n) is 6.22. The third-order valence-corrected chi connectivity index (χ3v) is 3.73. The fraction of sp³-hybridized carbons (Fsp3) is 0.250. The van der Waals surface area contributed by atoms with E-state index in [-0.39, 0.29) is 0 Å². The van der Waals surface area contributed by atoms with Crippen LogP contribution >= 0.6 is 23.2 Å². The second kappa shape index (κ2) is 6.26. The Hall–Kier alpha value is -0.980. The number of rotatable bonds is 4. The van der Waals surface area contributed by atoms with Gasteiger partial charge in [-0.3, -0.25) is 0 Å². The summed E-state index contributed by atoms with van der Waals surface area (Å²) in [7, 11) is 0. The monoisotopic (exact) mass is 278 g/mol. The van der Waals surface area contributed by atoms with Crippen LogP contribution in [0.4, 0.5) is 0 Å². The Bertz CT molecular complexity index is 503. The smallest absolute Gasteiger partial charge is 0.0444 e. The van der Waals surface area contributed by atoms with E-state index in [0.717, 1.165) is 22.9 Å². The summed E-state index contributed by atoms with van der Waals surface area (Å²) in [6, 6.07) is 16.1. The lowest BCUT2D eigenvalue weighted by atomic mass is 9.88. The topological polar surface area (TPSA) is 0 Å². The van der Waals surface area contributed by atoms with Gasteiger partial charge < -0.3 is 0 Å². The molecule has 0 N–H and O–H groups in total. The molecule has 1 unspecified atom stereocenters. The molecule has 0 spiro atoms. The molecular formula is C16H16Cl2. The predicted octanol–water partition coefficient (Wildman–Crippen LogP) is 5.93. The molecule has 0 aliphatic carbocycles. The zero-order chi connectivity index (χ0) is 13.0. The Morgan fingerprint density at radius 1 is 0.944 bits per heavy atom. The first kappa shape index (κ1) is 13.5. The lowest BCUT2D eigenvalue weighted by Gasteiger charge is -2.18. The van der Waals surface area contributed by atoms with Crippen LogP contribution in [0.5, 0.6) is 0 Å². The third-order valence-electron chi connectivity index (χ3n) is 3.13. The molecule has 0 fully saturated rings. The van der Waals surface area contributed by atoms with E-state index < -0.39 is 0 Å². The van der Waals surface area contributed by atoms with Gasteiger partial charge in [0, 0.05) is 16.0 Å². The number of hydrogen-bond acceptors (Lipinski definition) is 0. The normalized spacial score (nSPS) is 12.4. The van der Waals surface area contributed by atoms with Crippen molar-refractivity contribution < 1.29 is 0 Å². The largest absolute Gasteiger partial charge is 0.0843 e. The highest BCUT2D eigenvalue weighted by molar-refractivity contribution is 6.31. The number of benzene rings is 2. The fourth-order valence-electron chi connectivity index (χ4n) is 2.24. The van der Waals surface area contributed by atoms with E-state index in [1.54, 1.807) is 0 Å². The van der Waals surface area contributed by atoms with Gasteiger partial charge in [0.2, 0.25) is 0 Å². The first-order valence-corrected chi connectivity index (χ1v) is 6.98. The molecule has 2 aromatic rings. The Labute approximate surface area is 119 Å². The number of hydrogen-bond donors (Lipinski definition) is 0. The minimum absolute atomic E-state index is 0.348. The molecule has 0 aliphatic rings. The van der Waals surface area contributed by atoms with Crippen LogP contribution in [0.1, 0.15) is 36.8 Å². The van der Waals surface area contributed by atoms with Crippen molar-refractivity contribution in [3.8, 4) is 0 Å². The zero-order valence-electron chi connectivity index (χ0n) is 10.4. The van der Waals surface area contributed by atoms with Crippen molar-refractivity contribution in [2.45, 2.75) is 25.7 Å². The molecule has 2 rings (SSSR count). The highest BCUT2D eigenvalue weighted by Gasteiger charge is 2.15. The molecule has 2 aromatic carbocycles. The lowest BCUT2D eigenvalue weighted by Crippen LogP contribution is -2.01. The van der Waals surface area contributed by atoms with Crippen molar-refractivity contribution in [3.05, 3.63) is 69.7 Å². The van der Waals surface area contributed by atoms with Crippen LogP contribution in [0.2, 0.25) is 10.0 Å². The van der Waals surface area contributed by atoms with E-state index >= 15 is 0 Å². The van der Waals surface area contributed by atoms with Crippen LogP contribution in [-0.4, -0.2) is 0 Å². The summed E-state index contributed by atoms with van der Waals surface area (Å²) in [6.07, 6.45) is 2.21. The molecule has 0 nitrogen and oxygen atoms in total. The molecule has 0 saturated carbocycles. The van der Waals surface area contributed by atoms with Crippen molar-refractivity contribution in [3.63, 3.8) is 0 Å². The van der Waals surface area contributed by atoms with Crippen LogP contribution in [0.3, 0.4) is 0 Å². The van der Waals surface area contributed by atoms with Gasteiger partial charge in [0.15, 0.2) is 0 Å². The van der Waals surface area contributed by atoms with Gasteiger partial charge in [-0.2, -0.15) is 0 Å². The summed E-state index contributed by atoms with van der Waals surface area (Å²) in [4.78, 5) is 0. The van der Waals surface area contributed by atoms with Crippen molar-refractivity contribution in [2.24, 2.45) is 0 Å². The first-order chi connectivity index (χ1) is 8.72. The SMILES string of the molecule is CCCC(c1ccc(Cl)cc1)c1ccccc1Cl. The minimum atomic E-state index is 0.348. The van der Waals surface area contributed by atoms with Crippen LogP contribution in [0, 0.1) is 0 Å². The van der Waals surface area contributed by atoms with Gasteiger partial charge in [-0.15, -0.1) is 0 Å². The Morgan fingerprint density at radius 2 is 1.61 bits per heavy atom. The van der Waals surface area contributed by atoms with Gasteiger partial charge in [-0.05, 0) is 35.7 Å². The second-order valence-electron chi connectivity index (χ2n) is 4.41. The molecular weight excluding hydrogens is 263 g/mol. The van der Waals surface area contributed by atoms with Gasteiger partial charge in [-0.1, -0.05) is 66.9 Å². The molecule has 0 aromatic heterocycles. The predicted molar refractivity (Wildman–Crippen MR) is 79.7 cm³/mol. The maximum Gasteiger partial charge on any atom is 0.0444 e. The van der Waals surface area contributed by atoms with Crippen LogP contribution in [-0.2, 0) is 0 Å². The maximum absolute atomic E-state index is 6.31. The van der Waals surface area contributed by atoms with Crippen molar-refractivity contribution in [2.75, 3.05) is 0 Å². The molecule has 0 radical (unpaired) electrons. The maximum atomic E-state index is 6.31. The summed E-state index contributed by atoms with van der Waals surface area (Å²) in [5, 5.41) is 1.61.